The second-order valence-corrected chi connectivity index (χ2v) is 9.52. The third-order valence-corrected chi connectivity index (χ3v) is 6.57. The van der Waals surface area contributed by atoms with Crippen molar-refractivity contribution in [3.8, 4) is 22.9 Å². The number of para-hydroxylation sites is 1. The van der Waals surface area contributed by atoms with Gasteiger partial charge < -0.3 is 24.6 Å². The van der Waals surface area contributed by atoms with Gasteiger partial charge in [0.25, 0.3) is 5.69 Å². The number of ether oxygens (including phenoxy) is 2. The molecule has 0 amide bonds. The molecule has 0 aliphatic carbocycles. The predicted molar refractivity (Wildman–Crippen MR) is 153 cm³/mol. The molecule has 0 saturated heterocycles. The maximum atomic E-state index is 12.0. The van der Waals surface area contributed by atoms with Crippen LogP contribution in [-0.4, -0.2) is 77.5 Å². The Kier molecular flexibility index (Phi) is 8.07. The zero-order valence-electron chi connectivity index (χ0n) is 21.4. The number of nitrogens with zero attached hydrogens (tertiary/aromatic N) is 7. The van der Waals surface area contributed by atoms with E-state index >= 15 is 0 Å². The molecule has 5 rings (SSSR count). The van der Waals surface area contributed by atoms with Gasteiger partial charge >= 0.3 is 0 Å². The standard InChI is InChI=1S/C25H27ClN8O4.CH4/c1-31(2)8-9-32(3)18-13-21(37-4)17(12-19(18)34(35)36)28-25-27-14-16(26)23(29-25)22-15-6-5-7-20-24(15)33(30-22)10-11-38-20;/h5-7,12-14H,8-11H2,1-4H3,(H,27,28,29);1H4. The van der Waals surface area contributed by atoms with Gasteiger partial charge in [0.1, 0.15) is 40.7 Å². The highest BCUT2D eigenvalue weighted by Gasteiger charge is 2.24. The Bertz CT molecular complexity index is 1520. The van der Waals surface area contributed by atoms with Crippen molar-refractivity contribution < 1.29 is 14.4 Å². The van der Waals surface area contributed by atoms with Crippen molar-refractivity contribution in [2.75, 3.05) is 58.2 Å². The molecule has 0 saturated carbocycles. The second-order valence-electron chi connectivity index (χ2n) is 9.11. The molecule has 4 aromatic rings. The van der Waals surface area contributed by atoms with Crippen LogP contribution in [0.3, 0.4) is 0 Å². The lowest BCUT2D eigenvalue weighted by Crippen LogP contribution is -2.28. The topological polar surface area (TPSA) is 124 Å². The number of halogens is 1. The number of nitro benzene ring substituents is 1. The third-order valence-electron chi connectivity index (χ3n) is 6.30. The van der Waals surface area contributed by atoms with E-state index in [2.05, 4.69) is 15.3 Å². The Balaban J connectivity index is 0.00000353. The summed E-state index contributed by atoms with van der Waals surface area (Å²) in [5.41, 5.74) is 2.63. The molecule has 0 spiro atoms. The van der Waals surface area contributed by atoms with Crippen LogP contribution in [0.5, 0.6) is 11.5 Å². The van der Waals surface area contributed by atoms with Gasteiger partial charge in [0.15, 0.2) is 0 Å². The molecule has 1 aliphatic heterocycles. The van der Waals surface area contributed by atoms with Gasteiger partial charge in [-0.1, -0.05) is 31.2 Å². The first-order valence-electron chi connectivity index (χ1n) is 11.9. The van der Waals surface area contributed by atoms with Gasteiger partial charge in [-0.25, -0.2) is 9.97 Å². The first kappa shape index (κ1) is 27.9. The molecule has 1 N–H and O–H groups in total. The summed E-state index contributed by atoms with van der Waals surface area (Å²) in [5, 5.41) is 21.0. The monoisotopic (exact) mass is 554 g/mol. The van der Waals surface area contributed by atoms with Crippen molar-refractivity contribution >= 4 is 45.5 Å². The van der Waals surface area contributed by atoms with E-state index in [0.717, 1.165) is 23.2 Å². The largest absolute Gasteiger partial charge is 0.494 e. The van der Waals surface area contributed by atoms with E-state index in [-0.39, 0.29) is 19.1 Å². The number of hydrogen-bond donors (Lipinski definition) is 1. The zero-order chi connectivity index (χ0) is 27.0. The summed E-state index contributed by atoms with van der Waals surface area (Å²) < 4.78 is 13.2. The average molecular weight is 555 g/mol. The Morgan fingerprint density at radius 3 is 2.74 bits per heavy atom. The van der Waals surface area contributed by atoms with Crippen LogP contribution in [0.1, 0.15) is 7.43 Å². The average Bonchev–Trinajstić information content (AvgIpc) is 3.28. The molecule has 2 aromatic carbocycles. The minimum absolute atomic E-state index is 0. The number of rotatable bonds is 9. The lowest BCUT2D eigenvalue weighted by Gasteiger charge is -2.22. The molecule has 1 aliphatic rings. The highest BCUT2D eigenvalue weighted by molar-refractivity contribution is 6.33. The molecule has 0 fully saturated rings. The van der Waals surface area contributed by atoms with Gasteiger partial charge in [0.05, 0.1) is 35.5 Å². The van der Waals surface area contributed by atoms with Crippen LogP contribution < -0.4 is 19.7 Å². The van der Waals surface area contributed by atoms with Crippen LogP contribution >= 0.6 is 11.6 Å². The second kappa shape index (κ2) is 11.3. The smallest absolute Gasteiger partial charge is 0.294 e. The number of hydrogen-bond acceptors (Lipinski definition) is 10. The highest BCUT2D eigenvalue weighted by atomic mass is 35.5. The van der Waals surface area contributed by atoms with E-state index in [1.165, 1.54) is 19.4 Å². The van der Waals surface area contributed by atoms with E-state index in [4.69, 9.17) is 26.2 Å². The number of nitro groups is 1. The Morgan fingerprint density at radius 1 is 1.23 bits per heavy atom. The predicted octanol–water partition coefficient (Wildman–Crippen LogP) is 4.83. The molecule has 12 nitrogen and oxygen atoms in total. The van der Waals surface area contributed by atoms with Crippen molar-refractivity contribution in [1.82, 2.24) is 24.6 Å². The number of benzene rings is 2. The number of methoxy groups -OCH3 is 1. The van der Waals surface area contributed by atoms with Gasteiger partial charge in [-0.05, 0) is 20.2 Å². The van der Waals surface area contributed by atoms with Crippen LogP contribution in [0.2, 0.25) is 5.02 Å². The zero-order valence-corrected chi connectivity index (χ0v) is 22.2. The minimum atomic E-state index is -0.417. The number of aromatic nitrogens is 4. The fourth-order valence-corrected chi connectivity index (χ4v) is 4.54. The summed E-state index contributed by atoms with van der Waals surface area (Å²) >= 11 is 6.52. The van der Waals surface area contributed by atoms with E-state index < -0.39 is 4.92 Å². The molecule has 2 aromatic heterocycles. The van der Waals surface area contributed by atoms with Gasteiger partial charge in [0, 0.05) is 37.7 Å². The van der Waals surface area contributed by atoms with E-state index in [1.807, 2.05) is 53.8 Å². The summed E-state index contributed by atoms with van der Waals surface area (Å²) in [7, 11) is 7.21. The van der Waals surface area contributed by atoms with E-state index in [0.29, 0.717) is 53.2 Å². The molecule has 0 radical (unpaired) electrons. The summed E-state index contributed by atoms with van der Waals surface area (Å²) in [6.45, 7) is 2.46. The van der Waals surface area contributed by atoms with Crippen LogP contribution in [0, 0.1) is 10.1 Å². The SMILES string of the molecule is C.COc1cc(N(C)CCN(C)C)c([N+](=O)[O-])cc1Nc1ncc(Cl)c(-c2nn3c4c(cccc24)OCC3)n1. The van der Waals surface area contributed by atoms with E-state index in [9.17, 15) is 10.1 Å². The first-order valence-corrected chi connectivity index (χ1v) is 12.3. The lowest BCUT2D eigenvalue weighted by atomic mass is 10.1. The van der Waals surface area contributed by atoms with Crippen molar-refractivity contribution in [3.63, 3.8) is 0 Å². The molecular formula is C26H31ClN8O4. The van der Waals surface area contributed by atoms with Crippen molar-refractivity contribution in [2.45, 2.75) is 14.0 Å². The molecule has 206 valence electrons. The van der Waals surface area contributed by atoms with Crippen molar-refractivity contribution in [1.29, 1.82) is 0 Å². The first-order chi connectivity index (χ1) is 18.3. The van der Waals surface area contributed by atoms with Crippen LogP contribution in [-0.2, 0) is 6.54 Å². The normalized spacial score (nSPS) is 12.2. The minimum Gasteiger partial charge on any atom is -0.494 e. The Morgan fingerprint density at radius 2 is 2.03 bits per heavy atom. The van der Waals surface area contributed by atoms with Gasteiger partial charge in [-0.15, -0.1) is 0 Å². The van der Waals surface area contributed by atoms with Crippen molar-refractivity contribution in [3.05, 3.63) is 51.7 Å². The highest BCUT2D eigenvalue weighted by Crippen LogP contribution is 2.40. The van der Waals surface area contributed by atoms with Gasteiger partial charge in [-0.3, -0.25) is 14.8 Å². The fraction of sp³-hybridized carbons (Fsp3) is 0.346. The summed E-state index contributed by atoms with van der Waals surface area (Å²) in [5.74, 6) is 1.35. The van der Waals surface area contributed by atoms with E-state index in [1.54, 1.807) is 6.07 Å². The summed E-state index contributed by atoms with van der Waals surface area (Å²) in [6.07, 6.45) is 1.47. The quantitative estimate of drug-likeness (QED) is 0.227. The van der Waals surface area contributed by atoms with Gasteiger partial charge in [-0.2, -0.15) is 5.10 Å². The van der Waals surface area contributed by atoms with Gasteiger partial charge in [0.2, 0.25) is 5.95 Å². The maximum absolute atomic E-state index is 12.0. The third kappa shape index (κ3) is 5.38. The fourth-order valence-electron chi connectivity index (χ4n) is 4.36. The number of anilines is 3. The molecule has 13 heteroatoms. The molecular weight excluding hydrogens is 524 g/mol. The van der Waals surface area contributed by atoms with Crippen molar-refractivity contribution in [2.24, 2.45) is 0 Å². The maximum Gasteiger partial charge on any atom is 0.294 e. The van der Waals surface area contributed by atoms with Crippen LogP contribution in [0.15, 0.2) is 36.5 Å². The summed E-state index contributed by atoms with van der Waals surface area (Å²) in [6, 6.07) is 8.80. The lowest BCUT2D eigenvalue weighted by molar-refractivity contribution is -0.384. The van der Waals surface area contributed by atoms with Crippen LogP contribution in [0.25, 0.3) is 22.3 Å². The molecule has 0 unspecified atom stereocenters. The summed E-state index contributed by atoms with van der Waals surface area (Å²) in [4.78, 5) is 24.3. The molecule has 39 heavy (non-hydrogen) atoms. The van der Waals surface area contributed by atoms with Crippen LogP contribution in [0.4, 0.5) is 23.0 Å². The number of nitrogens with one attached hydrogen (secondary N) is 1. The Hall–Kier alpha value is -4.16. The Labute approximate surface area is 231 Å². The molecule has 0 atom stereocenters. The molecule has 0 bridgehead atoms. The molecule has 3 heterocycles. The number of likely N-dealkylation sites (N-methyl/N-ethyl adjacent to an activating group) is 2.